The van der Waals surface area contributed by atoms with Gasteiger partial charge in [-0.1, -0.05) is 19.8 Å². The maximum absolute atomic E-state index is 5.42. The molecule has 1 heteroatoms. The van der Waals surface area contributed by atoms with Gasteiger partial charge < -0.3 is 0 Å². The van der Waals surface area contributed by atoms with E-state index in [0.717, 1.165) is 0 Å². The molecule has 0 N–H and O–H groups in total. The van der Waals surface area contributed by atoms with Gasteiger partial charge in [0.25, 0.3) is 0 Å². The first-order chi connectivity index (χ1) is 3.13. The molecule has 0 fully saturated rings. The van der Waals surface area contributed by atoms with Gasteiger partial charge >= 0.3 is 0 Å². The number of halogens is 1. The largest absolute Gasteiger partial charge is 0.227 e. The first-order valence-electron chi connectivity index (χ1n) is 2.32. The van der Waals surface area contributed by atoms with Crippen molar-refractivity contribution in [1.82, 2.24) is 0 Å². The molecule has 7 heavy (non-hydrogen) atoms. The fourth-order valence-corrected chi connectivity index (χ4v) is 0.614. The zero-order chi connectivity index (χ0) is 5.86. The standard InChI is InChI=1S/C6H10Cl/c1-5(2)4-6(3)7/h4-5H,3H2,1-2H3/q-1. The summed E-state index contributed by atoms with van der Waals surface area (Å²) in [5.41, 5.74) is 0. The fourth-order valence-electron chi connectivity index (χ4n) is 0.362. The minimum Gasteiger partial charge on any atom is -0.227 e. The second kappa shape index (κ2) is 2.98. The van der Waals surface area contributed by atoms with Crippen LogP contribution in [0.2, 0.25) is 0 Å². The highest BCUT2D eigenvalue weighted by Crippen LogP contribution is 2.09. The molecule has 0 aromatic heterocycles. The van der Waals surface area contributed by atoms with Crippen molar-refractivity contribution in [2.24, 2.45) is 5.92 Å². The molecular formula is C6H10Cl-. The third-order valence-corrected chi connectivity index (χ3v) is 0.640. The summed E-state index contributed by atoms with van der Waals surface area (Å²) < 4.78 is 0. The summed E-state index contributed by atoms with van der Waals surface area (Å²) >= 11 is 5.42. The van der Waals surface area contributed by atoms with E-state index in [1.165, 1.54) is 0 Å². The third kappa shape index (κ3) is 5.90. The third-order valence-electron chi connectivity index (χ3n) is 0.514. The van der Waals surface area contributed by atoms with Crippen LogP contribution in [0.3, 0.4) is 0 Å². The minimum atomic E-state index is 0.519. The Kier molecular flexibility index (Phi) is 2.93. The second-order valence-electron chi connectivity index (χ2n) is 1.86. The van der Waals surface area contributed by atoms with Crippen molar-refractivity contribution in [3.63, 3.8) is 0 Å². The molecule has 0 aromatic carbocycles. The summed E-state index contributed by atoms with van der Waals surface area (Å²) in [6.45, 7) is 7.63. The van der Waals surface area contributed by atoms with Crippen molar-refractivity contribution in [2.45, 2.75) is 13.8 Å². The number of hydrogen-bond acceptors (Lipinski definition) is 0. The van der Waals surface area contributed by atoms with Crippen molar-refractivity contribution < 1.29 is 0 Å². The van der Waals surface area contributed by atoms with E-state index in [9.17, 15) is 0 Å². The average Bonchev–Trinajstić information content (AvgIpc) is 1.27. The van der Waals surface area contributed by atoms with E-state index in [2.05, 4.69) is 20.4 Å². The van der Waals surface area contributed by atoms with Crippen molar-refractivity contribution >= 4 is 11.6 Å². The number of allylic oxidation sites excluding steroid dienone is 1. The van der Waals surface area contributed by atoms with Crippen LogP contribution in [0.5, 0.6) is 0 Å². The SMILES string of the molecule is C=C(Cl)[CH-]C(C)C. The minimum absolute atomic E-state index is 0.519. The predicted molar refractivity (Wildman–Crippen MR) is 34.1 cm³/mol. The van der Waals surface area contributed by atoms with Crippen LogP contribution in [0.15, 0.2) is 11.6 Å². The molecule has 0 radical (unpaired) electrons. The van der Waals surface area contributed by atoms with Gasteiger partial charge in [-0.25, -0.2) is 13.0 Å². The smallest absolute Gasteiger partial charge is 0.0747 e. The molecule has 0 rings (SSSR count). The van der Waals surface area contributed by atoms with Gasteiger partial charge in [0.2, 0.25) is 0 Å². The van der Waals surface area contributed by atoms with Crippen molar-refractivity contribution in [1.29, 1.82) is 0 Å². The molecule has 0 saturated heterocycles. The first-order valence-corrected chi connectivity index (χ1v) is 2.70. The van der Waals surface area contributed by atoms with Crippen LogP contribution in [0.1, 0.15) is 13.8 Å². The Morgan fingerprint density at radius 3 is 2.14 bits per heavy atom. The summed E-state index contributed by atoms with van der Waals surface area (Å²) in [4.78, 5) is 0. The van der Waals surface area contributed by atoms with Gasteiger partial charge in [-0.2, -0.15) is 0 Å². The molecule has 0 saturated carbocycles. The lowest BCUT2D eigenvalue weighted by Crippen LogP contribution is -1.84. The van der Waals surface area contributed by atoms with Gasteiger partial charge in [-0.3, -0.25) is 0 Å². The summed E-state index contributed by atoms with van der Waals surface area (Å²) in [6.07, 6.45) is 1.90. The topological polar surface area (TPSA) is 0 Å². The van der Waals surface area contributed by atoms with Gasteiger partial charge in [-0.05, 0) is 0 Å². The maximum Gasteiger partial charge on any atom is -0.0747 e. The molecule has 0 nitrogen and oxygen atoms in total. The molecule has 42 valence electrons. The van der Waals surface area contributed by atoms with Gasteiger partial charge in [0.1, 0.15) is 0 Å². The Morgan fingerprint density at radius 2 is 2.14 bits per heavy atom. The van der Waals surface area contributed by atoms with E-state index in [1.807, 2.05) is 6.42 Å². The summed E-state index contributed by atoms with van der Waals surface area (Å²) in [7, 11) is 0. The van der Waals surface area contributed by atoms with Gasteiger partial charge in [0.15, 0.2) is 0 Å². The summed E-state index contributed by atoms with van der Waals surface area (Å²) in [5.74, 6) is 0.519. The normalized spacial score (nSPS) is 9.14. The Morgan fingerprint density at radius 1 is 1.71 bits per heavy atom. The van der Waals surface area contributed by atoms with Crippen LogP contribution in [-0.2, 0) is 0 Å². The van der Waals surface area contributed by atoms with Gasteiger partial charge in [-0.15, -0.1) is 16.6 Å². The molecule has 0 unspecified atom stereocenters. The molecule has 0 bridgehead atoms. The van der Waals surface area contributed by atoms with Gasteiger partial charge in [0, 0.05) is 0 Å². The number of hydrogen-bond donors (Lipinski definition) is 0. The van der Waals surface area contributed by atoms with Crippen LogP contribution in [0, 0.1) is 12.3 Å². The second-order valence-corrected chi connectivity index (χ2v) is 2.34. The number of rotatable bonds is 2. The molecular weight excluding hydrogens is 108 g/mol. The van der Waals surface area contributed by atoms with E-state index in [-0.39, 0.29) is 0 Å². The monoisotopic (exact) mass is 117 g/mol. The van der Waals surface area contributed by atoms with E-state index in [0.29, 0.717) is 11.0 Å². The van der Waals surface area contributed by atoms with E-state index < -0.39 is 0 Å². The van der Waals surface area contributed by atoms with Gasteiger partial charge in [0.05, 0.1) is 0 Å². The zero-order valence-electron chi connectivity index (χ0n) is 4.74. The molecule has 0 spiro atoms. The van der Waals surface area contributed by atoms with E-state index in [4.69, 9.17) is 11.6 Å². The molecule has 0 atom stereocenters. The molecule has 0 aliphatic rings. The quantitative estimate of drug-likeness (QED) is 0.488. The van der Waals surface area contributed by atoms with E-state index in [1.54, 1.807) is 0 Å². The van der Waals surface area contributed by atoms with Crippen molar-refractivity contribution in [2.75, 3.05) is 0 Å². The van der Waals surface area contributed by atoms with Crippen LogP contribution in [0.4, 0.5) is 0 Å². The summed E-state index contributed by atoms with van der Waals surface area (Å²) in [6, 6.07) is 0. The summed E-state index contributed by atoms with van der Waals surface area (Å²) in [5, 5.41) is 0.634. The highest BCUT2D eigenvalue weighted by molar-refractivity contribution is 6.30. The lowest BCUT2D eigenvalue weighted by Gasteiger charge is -2.08. The average molecular weight is 118 g/mol. The van der Waals surface area contributed by atoms with Crippen molar-refractivity contribution in [3.05, 3.63) is 18.0 Å². The zero-order valence-corrected chi connectivity index (χ0v) is 5.50. The lowest BCUT2D eigenvalue weighted by molar-refractivity contribution is 0.782. The van der Waals surface area contributed by atoms with Crippen LogP contribution >= 0.6 is 11.6 Å². The molecule has 0 heterocycles. The van der Waals surface area contributed by atoms with E-state index >= 15 is 0 Å². The molecule has 0 aliphatic carbocycles. The van der Waals surface area contributed by atoms with Crippen LogP contribution in [0.25, 0.3) is 0 Å². The first kappa shape index (κ1) is 6.90. The molecule has 0 aromatic rings. The highest BCUT2D eigenvalue weighted by Gasteiger charge is 1.82. The Balaban J connectivity index is 3.13. The molecule has 0 amide bonds. The fraction of sp³-hybridized carbons (Fsp3) is 0.500. The van der Waals surface area contributed by atoms with Crippen LogP contribution in [-0.4, -0.2) is 0 Å². The predicted octanol–water partition coefficient (Wildman–Crippen LogP) is 2.60. The van der Waals surface area contributed by atoms with Crippen LogP contribution < -0.4 is 0 Å². The lowest BCUT2D eigenvalue weighted by atomic mass is 10.1. The Bertz CT molecular complexity index is 64.6. The Hall–Kier alpha value is -0.100. The maximum atomic E-state index is 5.42. The molecule has 0 aliphatic heterocycles. The van der Waals surface area contributed by atoms with Crippen molar-refractivity contribution in [3.8, 4) is 0 Å². The highest BCUT2D eigenvalue weighted by atomic mass is 35.5. The Labute approximate surface area is 50.2 Å².